The summed E-state index contributed by atoms with van der Waals surface area (Å²) < 4.78 is 27.9. The largest absolute Gasteiger partial charge is 0.495 e. The molecule has 0 aromatic heterocycles. The summed E-state index contributed by atoms with van der Waals surface area (Å²) in [7, 11) is 2.83. The van der Waals surface area contributed by atoms with Gasteiger partial charge in [0.25, 0.3) is 9.05 Å². The minimum absolute atomic E-state index is 0.0707. The van der Waals surface area contributed by atoms with Crippen LogP contribution in [0.3, 0.4) is 0 Å². The minimum Gasteiger partial charge on any atom is -0.495 e. The SMILES string of the molecule is CCC(C)C(=O)NCc1ccc(OC)c(S(=O)(=O)Cl)c1. The average molecular weight is 320 g/mol. The number of amides is 1. The molecule has 0 heterocycles. The molecule has 0 fully saturated rings. The quantitative estimate of drug-likeness (QED) is 0.816. The van der Waals surface area contributed by atoms with Gasteiger partial charge in [-0.15, -0.1) is 0 Å². The molecule has 0 radical (unpaired) electrons. The number of nitrogens with one attached hydrogen (secondary N) is 1. The summed E-state index contributed by atoms with van der Waals surface area (Å²) in [5, 5.41) is 2.75. The van der Waals surface area contributed by atoms with E-state index < -0.39 is 9.05 Å². The second-order valence-electron chi connectivity index (χ2n) is 4.45. The van der Waals surface area contributed by atoms with Gasteiger partial charge in [-0.25, -0.2) is 8.42 Å². The number of hydrogen-bond donors (Lipinski definition) is 1. The second-order valence-corrected chi connectivity index (χ2v) is 6.98. The van der Waals surface area contributed by atoms with Crippen molar-refractivity contribution in [2.24, 2.45) is 5.92 Å². The van der Waals surface area contributed by atoms with E-state index in [0.717, 1.165) is 6.42 Å². The molecule has 1 atom stereocenters. The molecule has 112 valence electrons. The van der Waals surface area contributed by atoms with Crippen molar-refractivity contribution in [2.45, 2.75) is 31.7 Å². The highest BCUT2D eigenvalue weighted by Crippen LogP contribution is 2.27. The Bertz CT molecular complexity index is 586. The van der Waals surface area contributed by atoms with E-state index in [2.05, 4.69) is 5.32 Å². The van der Waals surface area contributed by atoms with Crippen molar-refractivity contribution >= 4 is 25.6 Å². The van der Waals surface area contributed by atoms with Crippen LogP contribution in [0.2, 0.25) is 0 Å². The summed E-state index contributed by atoms with van der Waals surface area (Å²) in [6.45, 7) is 4.00. The number of benzene rings is 1. The van der Waals surface area contributed by atoms with Crippen molar-refractivity contribution in [2.75, 3.05) is 7.11 Å². The first-order chi connectivity index (χ1) is 9.29. The van der Waals surface area contributed by atoms with Crippen molar-refractivity contribution in [1.29, 1.82) is 0 Å². The molecular formula is C13H18ClNO4S. The van der Waals surface area contributed by atoms with Crippen molar-refractivity contribution in [3.8, 4) is 5.75 Å². The normalized spacial score (nSPS) is 12.8. The fraction of sp³-hybridized carbons (Fsp3) is 0.462. The molecule has 1 aromatic carbocycles. The molecule has 0 saturated carbocycles. The number of ether oxygens (including phenoxy) is 1. The summed E-state index contributed by atoms with van der Waals surface area (Å²) in [6, 6.07) is 4.60. The second kappa shape index (κ2) is 6.95. The maximum absolute atomic E-state index is 11.7. The molecule has 0 aliphatic rings. The first kappa shape index (κ1) is 16.8. The third kappa shape index (κ3) is 4.38. The lowest BCUT2D eigenvalue weighted by molar-refractivity contribution is -0.124. The van der Waals surface area contributed by atoms with E-state index in [4.69, 9.17) is 15.4 Å². The highest BCUT2D eigenvalue weighted by atomic mass is 35.7. The van der Waals surface area contributed by atoms with E-state index >= 15 is 0 Å². The van der Waals surface area contributed by atoms with E-state index in [9.17, 15) is 13.2 Å². The van der Waals surface area contributed by atoms with Crippen LogP contribution in [0.5, 0.6) is 5.75 Å². The van der Waals surface area contributed by atoms with Crippen LogP contribution in [-0.2, 0) is 20.4 Å². The molecule has 1 unspecified atom stereocenters. The number of carbonyl (C=O) groups is 1. The predicted molar refractivity (Wildman–Crippen MR) is 77.3 cm³/mol. The third-order valence-electron chi connectivity index (χ3n) is 3.02. The molecule has 5 nitrogen and oxygen atoms in total. The Hall–Kier alpha value is -1.27. The van der Waals surface area contributed by atoms with E-state index in [-0.39, 0.29) is 29.0 Å². The number of hydrogen-bond acceptors (Lipinski definition) is 4. The molecule has 0 bridgehead atoms. The molecule has 0 aliphatic carbocycles. The Labute approximate surface area is 123 Å². The van der Waals surface area contributed by atoms with Gasteiger partial charge in [0.1, 0.15) is 10.6 Å². The zero-order valence-electron chi connectivity index (χ0n) is 11.6. The van der Waals surface area contributed by atoms with Crippen LogP contribution in [0.1, 0.15) is 25.8 Å². The van der Waals surface area contributed by atoms with Crippen molar-refractivity contribution in [3.05, 3.63) is 23.8 Å². The third-order valence-corrected chi connectivity index (χ3v) is 4.36. The first-order valence-electron chi connectivity index (χ1n) is 6.18. The number of methoxy groups -OCH3 is 1. The highest BCUT2D eigenvalue weighted by Gasteiger charge is 2.17. The van der Waals surface area contributed by atoms with Gasteiger partial charge in [-0.3, -0.25) is 4.79 Å². The standard InChI is InChI=1S/C13H18ClNO4S/c1-4-9(2)13(16)15-8-10-5-6-11(19-3)12(7-10)20(14,17)18/h5-7,9H,4,8H2,1-3H3,(H,15,16). The topological polar surface area (TPSA) is 72.5 Å². The van der Waals surface area contributed by atoms with Gasteiger partial charge in [0.05, 0.1) is 7.11 Å². The Kier molecular flexibility index (Phi) is 5.83. The van der Waals surface area contributed by atoms with Crippen LogP contribution >= 0.6 is 10.7 Å². The summed E-state index contributed by atoms with van der Waals surface area (Å²) in [5.41, 5.74) is 0.640. The molecular weight excluding hydrogens is 302 g/mol. The zero-order valence-corrected chi connectivity index (χ0v) is 13.2. The smallest absolute Gasteiger partial charge is 0.264 e. The molecule has 7 heteroatoms. The predicted octanol–water partition coefficient (Wildman–Crippen LogP) is 2.29. The van der Waals surface area contributed by atoms with E-state index in [0.29, 0.717) is 5.56 Å². The van der Waals surface area contributed by atoms with Gasteiger partial charge in [0, 0.05) is 23.1 Å². The molecule has 1 N–H and O–H groups in total. The van der Waals surface area contributed by atoms with E-state index in [1.165, 1.54) is 19.2 Å². The summed E-state index contributed by atoms with van der Waals surface area (Å²) in [6.07, 6.45) is 0.746. The maximum atomic E-state index is 11.7. The molecule has 20 heavy (non-hydrogen) atoms. The van der Waals surface area contributed by atoms with Crippen LogP contribution in [0, 0.1) is 5.92 Å². The molecule has 0 saturated heterocycles. The Morgan fingerprint density at radius 3 is 2.60 bits per heavy atom. The Morgan fingerprint density at radius 1 is 1.45 bits per heavy atom. The van der Waals surface area contributed by atoms with Crippen molar-refractivity contribution in [1.82, 2.24) is 5.32 Å². The number of halogens is 1. The fourth-order valence-corrected chi connectivity index (χ4v) is 2.62. The van der Waals surface area contributed by atoms with Crippen LogP contribution in [-0.4, -0.2) is 21.4 Å². The molecule has 0 spiro atoms. The summed E-state index contributed by atoms with van der Waals surface area (Å²) in [4.78, 5) is 11.6. The van der Waals surface area contributed by atoms with Gasteiger partial charge in [0.15, 0.2) is 0 Å². The first-order valence-corrected chi connectivity index (χ1v) is 8.49. The lowest BCUT2D eigenvalue weighted by Crippen LogP contribution is -2.28. The van der Waals surface area contributed by atoms with Crippen LogP contribution in [0.15, 0.2) is 23.1 Å². The zero-order chi connectivity index (χ0) is 15.3. The van der Waals surface area contributed by atoms with Crippen molar-refractivity contribution < 1.29 is 17.9 Å². The van der Waals surface area contributed by atoms with Crippen LogP contribution in [0.4, 0.5) is 0 Å². The fourth-order valence-electron chi connectivity index (χ4n) is 1.57. The highest BCUT2D eigenvalue weighted by molar-refractivity contribution is 8.13. The van der Waals surface area contributed by atoms with Gasteiger partial charge in [0.2, 0.25) is 5.91 Å². The number of carbonyl (C=O) groups excluding carboxylic acids is 1. The van der Waals surface area contributed by atoms with Gasteiger partial charge in [-0.1, -0.05) is 19.9 Å². The van der Waals surface area contributed by atoms with Crippen LogP contribution < -0.4 is 10.1 Å². The maximum Gasteiger partial charge on any atom is 0.264 e. The Morgan fingerprint density at radius 2 is 2.10 bits per heavy atom. The van der Waals surface area contributed by atoms with Gasteiger partial charge < -0.3 is 10.1 Å². The van der Waals surface area contributed by atoms with E-state index in [1.807, 2.05) is 13.8 Å². The van der Waals surface area contributed by atoms with Gasteiger partial charge in [-0.05, 0) is 24.1 Å². The summed E-state index contributed by atoms with van der Waals surface area (Å²) >= 11 is 0. The lowest BCUT2D eigenvalue weighted by atomic mass is 10.1. The molecule has 1 rings (SSSR count). The summed E-state index contributed by atoms with van der Waals surface area (Å²) in [5.74, 6) is 0.0279. The van der Waals surface area contributed by atoms with Crippen LogP contribution in [0.25, 0.3) is 0 Å². The number of rotatable bonds is 6. The Balaban J connectivity index is 2.91. The van der Waals surface area contributed by atoms with Crippen molar-refractivity contribution in [3.63, 3.8) is 0 Å². The lowest BCUT2D eigenvalue weighted by Gasteiger charge is -2.11. The molecule has 1 amide bonds. The van der Waals surface area contributed by atoms with Gasteiger partial charge in [-0.2, -0.15) is 0 Å². The molecule has 1 aromatic rings. The monoisotopic (exact) mass is 319 g/mol. The average Bonchev–Trinajstić information content (AvgIpc) is 2.42. The molecule has 0 aliphatic heterocycles. The van der Waals surface area contributed by atoms with Gasteiger partial charge >= 0.3 is 0 Å². The van der Waals surface area contributed by atoms with E-state index in [1.54, 1.807) is 6.07 Å². The minimum atomic E-state index is -3.89.